The highest BCUT2D eigenvalue weighted by atomic mass is 79.9. The first-order chi connectivity index (χ1) is 7.54. The largest absolute Gasteiger partial charge is 0.297 e. The lowest BCUT2D eigenvalue weighted by atomic mass is 10.1. The van der Waals surface area contributed by atoms with E-state index >= 15 is 0 Å². The second-order valence-electron chi connectivity index (χ2n) is 3.24. The normalized spacial score (nSPS) is 11.9. The molecule has 0 unspecified atom stereocenters. The predicted octanol–water partition coefficient (Wildman–Crippen LogP) is 2.94. The Hall–Kier alpha value is -0.910. The van der Waals surface area contributed by atoms with Crippen molar-refractivity contribution < 1.29 is 12.6 Å². The molecule has 0 aliphatic heterocycles. The molecule has 2 aromatic carbocycles. The van der Waals surface area contributed by atoms with Gasteiger partial charge < -0.3 is 0 Å². The van der Waals surface area contributed by atoms with Gasteiger partial charge in [0.05, 0.1) is 7.11 Å². The summed E-state index contributed by atoms with van der Waals surface area (Å²) in [6.45, 7) is 0. The molecule has 2 rings (SSSR count). The van der Waals surface area contributed by atoms with Gasteiger partial charge in [0, 0.05) is 9.86 Å². The fraction of sp³-hybridized carbons (Fsp3) is 0.0909. The molecule has 0 heterocycles. The Balaban J connectivity index is 2.82. The smallest absolute Gasteiger partial charge is 0.270 e. The highest BCUT2D eigenvalue weighted by Gasteiger charge is 2.16. The lowest BCUT2D eigenvalue weighted by molar-refractivity contribution is 0.398. The molecule has 0 aliphatic carbocycles. The Morgan fingerprint density at radius 3 is 2.62 bits per heavy atom. The van der Waals surface area contributed by atoms with E-state index in [1.54, 1.807) is 18.2 Å². The van der Waals surface area contributed by atoms with E-state index in [2.05, 4.69) is 20.1 Å². The van der Waals surface area contributed by atoms with Gasteiger partial charge in [0.15, 0.2) is 0 Å². The SMILES string of the molecule is COS(=O)(=O)c1cccc2cc(Br)ccc12. The number of hydrogen-bond donors (Lipinski definition) is 0. The summed E-state index contributed by atoms with van der Waals surface area (Å²) in [6, 6.07) is 10.5. The summed E-state index contributed by atoms with van der Waals surface area (Å²) in [7, 11) is -2.49. The van der Waals surface area contributed by atoms with Gasteiger partial charge in [0.1, 0.15) is 4.90 Å². The van der Waals surface area contributed by atoms with Crippen LogP contribution in [0.4, 0.5) is 0 Å². The quantitative estimate of drug-likeness (QED) is 0.801. The van der Waals surface area contributed by atoms with E-state index in [9.17, 15) is 8.42 Å². The van der Waals surface area contributed by atoms with E-state index in [0.717, 1.165) is 17.0 Å². The molecule has 0 bridgehead atoms. The average Bonchev–Trinajstić information content (AvgIpc) is 2.27. The number of rotatable bonds is 2. The van der Waals surface area contributed by atoms with Crippen LogP contribution in [0.3, 0.4) is 0 Å². The van der Waals surface area contributed by atoms with Crippen LogP contribution in [-0.2, 0) is 14.3 Å². The van der Waals surface area contributed by atoms with Crippen molar-refractivity contribution in [1.29, 1.82) is 0 Å². The zero-order valence-electron chi connectivity index (χ0n) is 8.48. The molecular weight excluding hydrogens is 292 g/mol. The molecule has 0 N–H and O–H groups in total. The highest BCUT2D eigenvalue weighted by Crippen LogP contribution is 2.26. The van der Waals surface area contributed by atoms with Crippen LogP contribution >= 0.6 is 15.9 Å². The molecule has 0 fully saturated rings. The second-order valence-corrected chi connectivity index (χ2v) is 5.84. The fourth-order valence-electron chi connectivity index (χ4n) is 1.53. The van der Waals surface area contributed by atoms with Crippen molar-refractivity contribution in [3.05, 3.63) is 40.9 Å². The van der Waals surface area contributed by atoms with Gasteiger partial charge in [-0.15, -0.1) is 0 Å². The summed E-state index contributed by atoms with van der Waals surface area (Å²) in [5, 5.41) is 1.51. The van der Waals surface area contributed by atoms with Gasteiger partial charge >= 0.3 is 0 Å². The lowest BCUT2D eigenvalue weighted by Crippen LogP contribution is -2.03. The fourth-order valence-corrected chi connectivity index (χ4v) is 2.79. The summed E-state index contributed by atoms with van der Waals surface area (Å²) in [5.74, 6) is 0. The molecule has 0 spiro atoms. The Bertz CT molecular complexity index is 635. The molecule has 0 amide bonds. The zero-order chi connectivity index (χ0) is 11.8. The maximum absolute atomic E-state index is 11.7. The van der Waals surface area contributed by atoms with Gasteiger partial charge in [-0.05, 0) is 23.6 Å². The summed E-state index contributed by atoms with van der Waals surface area (Å²) < 4.78 is 28.8. The average molecular weight is 301 g/mol. The van der Waals surface area contributed by atoms with Crippen molar-refractivity contribution in [3.8, 4) is 0 Å². The van der Waals surface area contributed by atoms with Gasteiger partial charge in [-0.3, -0.25) is 4.18 Å². The third-order valence-corrected chi connectivity index (χ3v) is 4.12. The van der Waals surface area contributed by atoms with E-state index in [1.807, 2.05) is 12.1 Å². The Kier molecular flexibility index (Phi) is 3.01. The minimum Gasteiger partial charge on any atom is -0.270 e. The van der Waals surface area contributed by atoms with Crippen LogP contribution in [-0.4, -0.2) is 15.5 Å². The van der Waals surface area contributed by atoms with Crippen LogP contribution in [0.15, 0.2) is 45.8 Å². The summed E-state index contributed by atoms with van der Waals surface area (Å²) in [6.07, 6.45) is 0. The van der Waals surface area contributed by atoms with E-state index in [-0.39, 0.29) is 4.90 Å². The topological polar surface area (TPSA) is 43.4 Å². The van der Waals surface area contributed by atoms with Gasteiger partial charge in [-0.2, -0.15) is 8.42 Å². The molecule has 2 aromatic rings. The molecule has 0 aliphatic rings. The van der Waals surface area contributed by atoms with E-state index < -0.39 is 10.1 Å². The third-order valence-electron chi connectivity index (χ3n) is 2.29. The zero-order valence-corrected chi connectivity index (χ0v) is 10.9. The molecule has 84 valence electrons. The molecule has 5 heteroatoms. The monoisotopic (exact) mass is 300 g/mol. The predicted molar refractivity (Wildman–Crippen MR) is 65.8 cm³/mol. The van der Waals surface area contributed by atoms with Crippen molar-refractivity contribution >= 4 is 36.8 Å². The second kappa shape index (κ2) is 4.16. The maximum Gasteiger partial charge on any atom is 0.297 e. The molecule has 0 atom stereocenters. The van der Waals surface area contributed by atoms with Crippen molar-refractivity contribution in [2.75, 3.05) is 7.11 Å². The Morgan fingerprint density at radius 1 is 1.19 bits per heavy atom. The molecule has 0 saturated carbocycles. The number of halogens is 1. The van der Waals surface area contributed by atoms with Crippen LogP contribution < -0.4 is 0 Å². The van der Waals surface area contributed by atoms with E-state index in [1.165, 1.54) is 6.07 Å². The van der Waals surface area contributed by atoms with E-state index in [0.29, 0.717) is 5.39 Å². The number of benzene rings is 2. The van der Waals surface area contributed by atoms with Crippen LogP contribution in [0.2, 0.25) is 0 Å². The first-order valence-electron chi connectivity index (χ1n) is 4.53. The molecule has 16 heavy (non-hydrogen) atoms. The molecule has 0 radical (unpaired) electrons. The van der Waals surface area contributed by atoms with Crippen molar-refractivity contribution in [1.82, 2.24) is 0 Å². The molecule has 0 aromatic heterocycles. The van der Waals surface area contributed by atoms with Crippen molar-refractivity contribution in [3.63, 3.8) is 0 Å². The van der Waals surface area contributed by atoms with Crippen molar-refractivity contribution in [2.24, 2.45) is 0 Å². The molecular formula is C11H9BrO3S. The first-order valence-corrected chi connectivity index (χ1v) is 6.73. The number of fused-ring (bicyclic) bond motifs is 1. The highest BCUT2D eigenvalue weighted by molar-refractivity contribution is 9.10. The van der Waals surface area contributed by atoms with Gasteiger partial charge in [0.2, 0.25) is 0 Å². The van der Waals surface area contributed by atoms with Crippen LogP contribution in [0, 0.1) is 0 Å². The van der Waals surface area contributed by atoms with Crippen LogP contribution in [0.1, 0.15) is 0 Å². The molecule has 3 nitrogen and oxygen atoms in total. The summed E-state index contributed by atoms with van der Waals surface area (Å²) >= 11 is 3.34. The van der Waals surface area contributed by atoms with E-state index in [4.69, 9.17) is 0 Å². The third kappa shape index (κ3) is 1.98. The Morgan fingerprint density at radius 2 is 1.94 bits per heavy atom. The lowest BCUT2D eigenvalue weighted by Gasteiger charge is -2.06. The van der Waals surface area contributed by atoms with Crippen LogP contribution in [0.5, 0.6) is 0 Å². The summed E-state index contributed by atoms with van der Waals surface area (Å²) in [4.78, 5) is 0.194. The minimum absolute atomic E-state index is 0.194. The summed E-state index contributed by atoms with van der Waals surface area (Å²) in [5.41, 5.74) is 0. The van der Waals surface area contributed by atoms with Gasteiger partial charge in [0.25, 0.3) is 10.1 Å². The maximum atomic E-state index is 11.7. The standard InChI is InChI=1S/C11H9BrO3S/c1-15-16(13,14)11-4-2-3-8-7-9(12)5-6-10(8)11/h2-7H,1H3. The number of hydrogen-bond acceptors (Lipinski definition) is 3. The Labute approximate surface area is 102 Å². The minimum atomic E-state index is -3.65. The molecule has 0 saturated heterocycles. The van der Waals surface area contributed by atoms with Crippen LogP contribution in [0.25, 0.3) is 10.8 Å². The van der Waals surface area contributed by atoms with Gasteiger partial charge in [-0.1, -0.05) is 34.1 Å². The van der Waals surface area contributed by atoms with Crippen molar-refractivity contribution in [2.45, 2.75) is 4.90 Å². The van der Waals surface area contributed by atoms with Gasteiger partial charge in [-0.25, -0.2) is 0 Å². The first kappa shape index (κ1) is 11.6.